The molecule has 1 aromatic rings. The lowest BCUT2D eigenvalue weighted by Gasteiger charge is -2.24. The van der Waals surface area contributed by atoms with E-state index in [1.54, 1.807) is 0 Å². The number of nitrogens with one attached hydrogen (secondary N) is 1. The van der Waals surface area contributed by atoms with Crippen LogP contribution in [0.1, 0.15) is 30.4 Å². The van der Waals surface area contributed by atoms with Crippen molar-refractivity contribution in [1.29, 1.82) is 0 Å². The Labute approximate surface area is 104 Å². The number of hydrazine groups is 1. The van der Waals surface area contributed by atoms with Gasteiger partial charge in [-0.2, -0.15) is 0 Å². The van der Waals surface area contributed by atoms with Crippen molar-refractivity contribution in [2.24, 2.45) is 23.6 Å². The summed E-state index contributed by atoms with van der Waals surface area (Å²) in [4.78, 5) is 0. The molecule has 0 radical (unpaired) electrons. The van der Waals surface area contributed by atoms with Crippen molar-refractivity contribution < 1.29 is 0 Å². The Bertz CT molecular complexity index is 392. The molecule has 2 heteroatoms. The Morgan fingerprint density at radius 1 is 1.24 bits per heavy atom. The molecule has 3 atom stereocenters. The van der Waals surface area contributed by atoms with E-state index in [2.05, 4.69) is 36.6 Å². The molecule has 92 valence electrons. The molecule has 3 N–H and O–H groups in total. The molecule has 2 nitrogen and oxygen atoms in total. The normalized spacial score (nSPS) is 32.2. The fourth-order valence-corrected chi connectivity index (χ4v) is 3.53. The van der Waals surface area contributed by atoms with Gasteiger partial charge in [0.25, 0.3) is 0 Å². The van der Waals surface area contributed by atoms with Crippen LogP contribution in [0.25, 0.3) is 0 Å². The molecule has 0 amide bonds. The Balaban J connectivity index is 1.67. The van der Waals surface area contributed by atoms with Crippen LogP contribution in [0.4, 0.5) is 0 Å². The SMILES string of the molecule is Cc1ccccc1CC(NN)C1CC2CC2C1. The number of nitrogens with two attached hydrogens (primary N) is 1. The molecule has 0 spiro atoms. The van der Waals surface area contributed by atoms with Crippen LogP contribution >= 0.6 is 0 Å². The maximum Gasteiger partial charge on any atom is 0.0279 e. The van der Waals surface area contributed by atoms with Crippen molar-refractivity contribution in [3.63, 3.8) is 0 Å². The van der Waals surface area contributed by atoms with Gasteiger partial charge in [-0.15, -0.1) is 0 Å². The summed E-state index contributed by atoms with van der Waals surface area (Å²) < 4.78 is 0. The van der Waals surface area contributed by atoms with Gasteiger partial charge in [0.15, 0.2) is 0 Å². The first kappa shape index (κ1) is 11.2. The van der Waals surface area contributed by atoms with Gasteiger partial charge in [0.2, 0.25) is 0 Å². The molecule has 3 rings (SSSR count). The molecule has 1 aromatic carbocycles. The van der Waals surface area contributed by atoms with E-state index >= 15 is 0 Å². The average Bonchev–Trinajstić information content (AvgIpc) is 2.95. The molecule has 17 heavy (non-hydrogen) atoms. The molecule has 2 aliphatic rings. The highest BCUT2D eigenvalue weighted by atomic mass is 15.2. The van der Waals surface area contributed by atoms with Crippen molar-refractivity contribution in [3.8, 4) is 0 Å². The van der Waals surface area contributed by atoms with Crippen LogP contribution in [-0.2, 0) is 6.42 Å². The number of hydrogen-bond acceptors (Lipinski definition) is 2. The predicted octanol–water partition coefficient (Wildman–Crippen LogP) is 2.42. The Kier molecular flexibility index (Phi) is 2.93. The first-order valence-electron chi connectivity index (χ1n) is 6.78. The van der Waals surface area contributed by atoms with Crippen LogP contribution < -0.4 is 11.3 Å². The van der Waals surface area contributed by atoms with Gasteiger partial charge in [-0.25, -0.2) is 0 Å². The zero-order valence-electron chi connectivity index (χ0n) is 10.5. The lowest BCUT2D eigenvalue weighted by molar-refractivity contribution is 0.335. The molecule has 0 aromatic heterocycles. The zero-order valence-corrected chi connectivity index (χ0v) is 10.5. The number of benzene rings is 1. The minimum absolute atomic E-state index is 0.462. The maximum atomic E-state index is 5.76. The van der Waals surface area contributed by atoms with Gasteiger partial charge in [0.05, 0.1) is 0 Å². The van der Waals surface area contributed by atoms with E-state index in [9.17, 15) is 0 Å². The molecule has 3 unspecified atom stereocenters. The van der Waals surface area contributed by atoms with Gasteiger partial charge in [0.1, 0.15) is 0 Å². The summed E-state index contributed by atoms with van der Waals surface area (Å²) in [6, 6.07) is 9.12. The Morgan fingerprint density at radius 3 is 2.59 bits per heavy atom. The van der Waals surface area contributed by atoms with E-state index in [4.69, 9.17) is 5.84 Å². The summed E-state index contributed by atoms with van der Waals surface area (Å²) in [6.45, 7) is 2.19. The summed E-state index contributed by atoms with van der Waals surface area (Å²) in [5, 5.41) is 0. The van der Waals surface area contributed by atoms with Gasteiger partial charge in [-0.1, -0.05) is 24.3 Å². The Hall–Kier alpha value is -0.860. The standard InChI is InChI=1S/C15H22N2/c1-10-4-2-3-5-11(10)9-15(17-16)14-7-12-6-13(12)8-14/h2-5,12-15,17H,6-9,16H2,1H3. The first-order chi connectivity index (χ1) is 8.28. The maximum absolute atomic E-state index is 5.76. The van der Waals surface area contributed by atoms with Crippen molar-refractivity contribution >= 4 is 0 Å². The second-order valence-corrected chi connectivity index (χ2v) is 5.89. The van der Waals surface area contributed by atoms with Gasteiger partial charge < -0.3 is 0 Å². The average molecular weight is 230 g/mol. The molecular formula is C15H22N2. The molecule has 0 saturated heterocycles. The smallest absolute Gasteiger partial charge is 0.0279 e. The Morgan fingerprint density at radius 2 is 1.94 bits per heavy atom. The van der Waals surface area contributed by atoms with Crippen molar-refractivity contribution in [2.75, 3.05) is 0 Å². The van der Waals surface area contributed by atoms with Gasteiger partial charge in [0, 0.05) is 6.04 Å². The minimum atomic E-state index is 0.462. The fourth-order valence-electron chi connectivity index (χ4n) is 3.53. The topological polar surface area (TPSA) is 38.0 Å². The largest absolute Gasteiger partial charge is 0.271 e. The molecule has 2 saturated carbocycles. The highest BCUT2D eigenvalue weighted by Gasteiger charge is 2.47. The lowest BCUT2D eigenvalue weighted by atomic mass is 9.89. The predicted molar refractivity (Wildman–Crippen MR) is 70.3 cm³/mol. The third kappa shape index (κ3) is 2.24. The third-order valence-corrected chi connectivity index (χ3v) is 4.76. The highest BCUT2D eigenvalue weighted by molar-refractivity contribution is 5.26. The summed E-state index contributed by atoms with van der Waals surface area (Å²) in [6.07, 6.45) is 5.35. The van der Waals surface area contributed by atoms with Gasteiger partial charge in [-0.3, -0.25) is 11.3 Å². The van der Waals surface area contributed by atoms with E-state index in [0.29, 0.717) is 6.04 Å². The van der Waals surface area contributed by atoms with Crippen LogP contribution in [0, 0.1) is 24.7 Å². The number of fused-ring (bicyclic) bond motifs is 1. The zero-order chi connectivity index (χ0) is 11.8. The van der Waals surface area contributed by atoms with E-state index in [1.807, 2.05) is 0 Å². The molecule has 0 aliphatic heterocycles. The van der Waals surface area contributed by atoms with E-state index < -0.39 is 0 Å². The van der Waals surface area contributed by atoms with Crippen LogP contribution in [0.15, 0.2) is 24.3 Å². The van der Waals surface area contributed by atoms with Crippen LogP contribution in [0.3, 0.4) is 0 Å². The molecule has 2 aliphatic carbocycles. The molecule has 2 fully saturated rings. The van der Waals surface area contributed by atoms with Crippen LogP contribution in [-0.4, -0.2) is 6.04 Å². The van der Waals surface area contributed by atoms with Gasteiger partial charge in [-0.05, 0) is 61.5 Å². The van der Waals surface area contributed by atoms with Crippen LogP contribution in [0.2, 0.25) is 0 Å². The molecular weight excluding hydrogens is 208 g/mol. The van der Waals surface area contributed by atoms with E-state index in [0.717, 1.165) is 24.2 Å². The summed E-state index contributed by atoms with van der Waals surface area (Å²) in [5.74, 6) is 8.63. The highest BCUT2D eigenvalue weighted by Crippen LogP contribution is 2.55. The second-order valence-electron chi connectivity index (χ2n) is 5.89. The molecule has 0 heterocycles. The van der Waals surface area contributed by atoms with Crippen molar-refractivity contribution in [1.82, 2.24) is 5.43 Å². The van der Waals surface area contributed by atoms with Gasteiger partial charge >= 0.3 is 0 Å². The molecule has 0 bridgehead atoms. The monoisotopic (exact) mass is 230 g/mol. The number of rotatable bonds is 4. The van der Waals surface area contributed by atoms with E-state index in [-0.39, 0.29) is 0 Å². The summed E-state index contributed by atoms with van der Waals surface area (Å²) in [7, 11) is 0. The fraction of sp³-hybridized carbons (Fsp3) is 0.600. The quantitative estimate of drug-likeness (QED) is 0.616. The van der Waals surface area contributed by atoms with Crippen molar-refractivity contribution in [2.45, 2.75) is 38.6 Å². The lowest BCUT2D eigenvalue weighted by Crippen LogP contribution is -2.42. The second kappa shape index (κ2) is 4.43. The minimum Gasteiger partial charge on any atom is -0.271 e. The number of aryl methyl sites for hydroxylation is 1. The summed E-state index contributed by atoms with van der Waals surface area (Å²) >= 11 is 0. The summed E-state index contributed by atoms with van der Waals surface area (Å²) in [5.41, 5.74) is 5.89. The number of hydrogen-bond donors (Lipinski definition) is 2. The van der Waals surface area contributed by atoms with Crippen molar-refractivity contribution in [3.05, 3.63) is 35.4 Å². The van der Waals surface area contributed by atoms with Crippen LogP contribution in [0.5, 0.6) is 0 Å². The third-order valence-electron chi connectivity index (χ3n) is 4.76. The van der Waals surface area contributed by atoms with E-state index in [1.165, 1.54) is 30.4 Å². The first-order valence-corrected chi connectivity index (χ1v) is 6.78.